The van der Waals surface area contributed by atoms with Crippen molar-refractivity contribution in [3.8, 4) is 0 Å². The van der Waals surface area contributed by atoms with Crippen molar-refractivity contribution in [1.82, 2.24) is 0 Å². The number of fused-ring (bicyclic) bond motifs is 2. The minimum Gasteiger partial charge on any atom is -0.423 e. The quantitative estimate of drug-likeness (QED) is 0.657. The highest BCUT2D eigenvalue weighted by Crippen LogP contribution is 2.43. The Balaban J connectivity index is 2.30. The molecule has 2 aliphatic rings. The van der Waals surface area contributed by atoms with Crippen molar-refractivity contribution >= 4 is 43.3 Å². The molecule has 2 nitrogen and oxygen atoms in total. The van der Waals surface area contributed by atoms with Gasteiger partial charge in [0, 0.05) is 19.0 Å². The Morgan fingerprint density at radius 2 is 1.90 bits per heavy atom. The molecule has 3 rings (SSSR count). The first kappa shape index (κ1) is 13.8. The van der Waals surface area contributed by atoms with E-state index < -0.39 is 7.12 Å². The van der Waals surface area contributed by atoms with Gasteiger partial charge in [0.2, 0.25) is 0 Å². The molecule has 2 N–H and O–H groups in total. The van der Waals surface area contributed by atoms with E-state index >= 15 is 0 Å². The van der Waals surface area contributed by atoms with Crippen LogP contribution in [0.4, 0.5) is 0 Å². The molecule has 102 valence electrons. The zero-order valence-electron chi connectivity index (χ0n) is 11.9. The third kappa shape index (κ3) is 1.93. The fraction of sp³-hybridized carbons (Fsp3) is 0.200. The molecule has 0 aliphatic heterocycles. The van der Waals surface area contributed by atoms with E-state index in [9.17, 15) is 10.0 Å². The molecule has 0 bridgehead atoms. The minimum absolute atomic E-state index is 0.175. The summed E-state index contributed by atoms with van der Waals surface area (Å²) in [4.78, 5) is 0. The highest BCUT2D eigenvalue weighted by Gasteiger charge is 2.33. The van der Waals surface area contributed by atoms with E-state index in [1.807, 2.05) is 12.1 Å². The average molecular weight is 298 g/mol. The molecule has 0 saturated carbocycles. The lowest BCUT2D eigenvalue weighted by Gasteiger charge is -2.33. The fourth-order valence-electron chi connectivity index (χ4n) is 3.43. The summed E-state index contributed by atoms with van der Waals surface area (Å²) in [5.41, 5.74) is 3.41. The summed E-state index contributed by atoms with van der Waals surface area (Å²) in [7, 11) is -1.74. The van der Waals surface area contributed by atoms with Crippen molar-refractivity contribution in [2.45, 2.75) is 17.8 Å². The number of rotatable bonds is 3. The topological polar surface area (TPSA) is 40.5 Å². The molecule has 0 aromatic heterocycles. The number of hydrogen-bond donors (Lipinski definition) is 2. The van der Waals surface area contributed by atoms with E-state index in [1.165, 1.54) is 16.4 Å². The maximum Gasteiger partial charge on any atom is 0.488 e. The molecule has 1 aromatic carbocycles. The number of benzene rings is 1. The molecule has 0 spiro atoms. The monoisotopic (exact) mass is 298 g/mol. The van der Waals surface area contributed by atoms with Crippen LogP contribution in [0, 0.1) is 0 Å². The lowest BCUT2D eigenvalue weighted by molar-refractivity contribution is 0.425. The lowest BCUT2D eigenvalue weighted by atomic mass is 9.80. The normalized spacial score (nSPS) is 24.2. The van der Waals surface area contributed by atoms with Gasteiger partial charge in [0.15, 0.2) is 0 Å². The molecule has 0 fully saturated rings. The molecule has 1 aromatic rings. The van der Waals surface area contributed by atoms with Crippen LogP contribution in [0.2, 0.25) is 17.8 Å². The molecule has 0 unspecified atom stereocenters. The Bertz CT molecular complexity index is 731. The predicted molar refractivity (Wildman–Crippen MR) is 92.1 cm³/mol. The standard InChI is InChI=1S/C15H19BO2Si2/c1-19-15(20-2)7-3-4-10-8-11-9-12(16(17)18)5-6-13(11)14(10)15/h3-9,17-18H,19-20H2,1-2H3. The molecule has 0 atom stereocenters. The van der Waals surface area contributed by atoms with Crippen molar-refractivity contribution in [1.29, 1.82) is 0 Å². The predicted octanol–water partition coefficient (Wildman–Crippen LogP) is -1.64. The van der Waals surface area contributed by atoms with Crippen molar-refractivity contribution in [2.75, 3.05) is 0 Å². The van der Waals surface area contributed by atoms with Crippen LogP contribution in [0.1, 0.15) is 0 Å². The van der Waals surface area contributed by atoms with Crippen LogP contribution in [-0.4, -0.2) is 36.2 Å². The van der Waals surface area contributed by atoms with E-state index in [4.69, 9.17) is 0 Å². The van der Waals surface area contributed by atoms with E-state index in [-0.39, 0.29) is 19.0 Å². The van der Waals surface area contributed by atoms with Gasteiger partial charge in [-0.05, 0) is 37.8 Å². The smallest absolute Gasteiger partial charge is 0.423 e. The van der Waals surface area contributed by atoms with Gasteiger partial charge in [-0.2, -0.15) is 0 Å². The number of allylic oxidation sites excluding steroid dienone is 4. The van der Waals surface area contributed by atoms with Gasteiger partial charge in [-0.1, -0.05) is 49.5 Å². The largest absolute Gasteiger partial charge is 0.488 e. The zero-order chi connectivity index (χ0) is 14.3. The van der Waals surface area contributed by atoms with Gasteiger partial charge >= 0.3 is 7.12 Å². The molecule has 2 aliphatic carbocycles. The van der Waals surface area contributed by atoms with Gasteiger partial charge in [-0.15, -0.1) is 0 Å². The van der Waals surface area contributed by atoms with Crippen molar-refractivity contribution in [3.05, 3.63) is 52.4 Å². The first-order chi connectivity index (χ1) is 9.61. The van der Waals surface area contributed by atoms with E-state index in [1.54, 1.807) is 0 Å². The molecule has 5 heteroatoms. The lowest BCUT2D eigenvalue weighted by Crippen LogP contribution is -2.38. The van der Waals surface area contributed by atoms with E-state index in [0.29, 0.717) is 10.1 Å². The minimum atomic E-state index is -1.39. The Morgan fingerprint density at radius 3 is 2.55 bits per heavy atom. The highest BCUT2D eigenvalue weighted by atomic mass is 28.3. The molecule has 0 amide bonds. The second kappa shape index (κ2) is 5.00. The van der Waals surface area contributed by atoms with Crippen LogP contribution in [0.5, 0.6) is 0 Å². The average Bonchev–Trinajstić information content (AvgIpc) is 2.84. The SMILES string of the molecule is C[SiH2]C1([SiH2]C)C=CC=C2C=c3cc(B(O)O)ccc3=C21. The second-order valence-electron chi connectivity index (χ2n) is 5.58. The summed E-state index contributed by atoms with van der Waals surface area (Å²) < 4.78 is 0.380. The van der Waals surface area contributed by atoms with Crippen molar-refractivity contribution < 1.29 is 10.0 Å². The zero-order valence-corrected chi connectivity index (χ0v) is 14.8. The van der Waals surface area contributed by atoms with Crippen LogP contribution >= 0.6 is 0 Å². The van der Waals surface area contributed by atoms with Gasteiger partial charge in [0.1, 0.15) is 0 Å². The summed E-state index contributed by atoms with van der Waals surface area (Å²) in [5, 5.41) is 21.1. The van der Waals surface area contributed by atoms with Crippen molar-refractivity contribution in [3.63, 3.8) is 0 Å². The third-order valence-electron chi connectivity index (χ3n) is 4.69. The van der Waals surface area contributed by atoms with E-state index in [0.717, 1.165) is 5.22 Å². The molecular weight excluding hydrogens is 279 g/mol. The molecule has 0 heterocycles. The summed E-state index contributed by atoms with van der Waals surface area (Å²) >= 11 is 0. The Kier molecular flexibility index (Phi) is 3.46. The second-order valence-corrected chi connectivity index (χ2v) is 10.5. The Labute approximate surface area is 124 Å². The van der Waals surface area contributed by atoms with Gasteiger partial charge in [0.25, 0.3) is 0 Å². The molecule has 0 saturated heterocycles. The van der Waals surface area contributed by atoms with Gasteiger partial charge < -0.3 is 10.0 Å². The first-order valence-corrected chi connectivity index (χ1v) is 11.5. The summed E-state index contributed by atoms with van der Waals surface area (Å²) in [6.45, 7) is 4.81. The van der Waals surface area contributed by atoms with Crippen LogP contribution in [-0.2, 0) is 0 Å². The maximum atomic E-state index is 9.33. The van der Waals surface area contributed by atoms with Gasteiger partial charge in [-0.25, -0.2) is 0 Å². The van der Waals surface area contributed by atoms with Crippen LogP contribution in [0.3, 0.4) is 0 Å². The van der Waals surface area contributed by atoms with Crippen LogP contribution in [0.25, 0.3) is 11.6 Å². The maximum absolute atomic E-state index is 9.33. The molecule has 0 radical (unpaired) electrons. The highest BCUT2D eigenvalue weighted by molar-refractivity contribution is 6.66. The van der Waals surface area contributed by atoms with Crippen molar-refractivity contribution in [2.24, 2.45) is 0 Å². The van der Waals surface area contributed by atoms with Crippen LogP contribution in [0.15, 0.2) is 42.0 Å². The Morgan fingerprint density at radius 1 is 1.15 bits per heavy atom. The van der Waals surface area contributed by atoms with Gasteiger partial charge in [0.05, 0.1) is 0 Å². The number of hydrogen-bond acceptors (Lipinski definition) is 2. The Hall–Kier alpha value is -1.14. The third-order valence-corrected chi connectivity index (χ3v) is 11.4. The summed E-state index contributed by atoms with van der Waals surface area (Å²) in [6.07, 6.45) is 9.04. The fourth-order valence-corrected chi connectivity index (χ4v) is 7.67. The van der Waals surface area contributed by atoms with Crippen LogP contribution < -0.4 is 15.9 Å². The van der Waals surface area contributed by atoms with E-state index in [2.05, 4.69) is 43.5 Å². The summed E-state index contributed by atoms with van der Waals surface area (Å²) in [6, 6.07) is 5.81. The molecular formula is C15H19BO2Si2. The summed E-state index contributed by atoms with van der Waals surface area (Å²) in [5.74, 6) is 0. The molecule has 20 heavy (non-hydrogen) atoms. The van der Waals surface area contributed by atoms with Gasteiger partial charge in [-0.3, -0.25) is 0 Å². The first-order valence-electron chi connectivity index (χ1n) is 7.24.